The first-order valence-electron chi connectivity index (χ1n) is 8.52. The van der Waals surface area contributed by atoms with Gasteiger partial charge in [0.05, 0.1) is 5.69 Å². The van der Waals surface area contributed by atoms with Gasteiger partial charge in [-0.15, -0.1) is 0 Å². The Morgan fingerprint density at radius 2 is 1.68 bits per heavy atom. The summed E-state index contributed by atoms with van der Waals surface area (Å²) in [4.78, 5) is 7.99. The molecule has 0 bridgehead atoms. The van der Waals surface area contributed by atoms with Crippen molar-refractivity contribution in [3.63, 3.8) is 0 Å². The van der Waals surface area contributed by atoms with E-state index in [1.165, 1.54) is 0 Å². The van der Waals surface area contributed by atoms with Gasteiger partial charge in [0.15, 0.2) is 16.7 Å². The Morgan fingerprint density at radius 1 is 0.964 bits per heavy atom. The number of hydrogen-bond acceptors (Lipinski definition) is 5. The van der Waals surface area contributed by atoms with Gasteiger partial charge in [0.25, 0.3) is 0 Å². The summed E-state index contributed by atoms with van der Waals surface area (Å²) >= 11 is 1.11. The summed E-state index contributed by atoms with van der Waals surface area (Å²) < 4.78 is 51.3. The Morgan fingerprint density at radius 3 is 2.43 bits per heavy atom. The van der Waals surface area contributed by atoms with Crippen LogP contribution in [0.2, 0.25) is 0 Å². The van der Waals surface area contributed by atoms with Crippen LogP contribution < -0.4 is 9.47 Å². The summed E-state index contributed by atoms with van der Waals surface area (Å²) in [6.45, 7) is 0.314. The number of thioether (sulfide) groups is 1. The number of fused-ring (bicyclic) bond motifs is 1. The van der Waals surface area contributed by atoms with Crippen molar-refractivity contribution in [1.82, 2.24) is 9.97 Å². The molecule has 4 nitrogen and oxygen atoms in total. The van der Waals surface area contributed by atoms with Gasteiger partial charge in [-0.3, -0.25) is 0 Å². The number of nitrogens with zero attached hydrogens (tertiary/aromatic N) is 2. The molecule has 1 aliphatic heterocycles. The van der Waals surface area contributed by atoms with Crippen LogP contribution >= 0.6 is 11.8 Å². The molecule has 1 atom stereocenters. The van der Waals surface area contributed by atoms with Gasteiger partial charge in [-0.05, 0) is 18.2 Å². The first-order valence-corrected chi connectivity index (χ1v) is 9.50. The van der Waals surface area contributed by atoms with E-state index < -0.39 is 11.9 Å². The number of ether oxygens (including phenoxy) is 2. The molecule has 28 heavy (non-hydrogen) atoms. The molecule has 2 aromatic carbocycles. The fourth-order valence-electron chi connectivity index (χ4n) is 2.70. The van der Waals surface area contributed by atoms with Crippen LogP contribution in [0.1, 0.15) is 5.69 Å². The molecule has 8 heteroatoms. The highest BCUT2D eigenvalue weighted by atomic mass is 32.2. The molecule has 0 spiro atoms. The molecule has 144 valence electrons. The maximum absolute atomic E-state index is 13.3. The van der Waals surface area contributed by atoms with Gasteiger partial charge in [0, 0.05) is 11.3 Å². The van der Waals surface area contributed by atoms with Gasteiger partial charge in [-0.1, -0.05) is 54.2 Å². The number of aromatic nitrogens is 2. The second-order valence-electron chi connectivity index (χ2n) is 6.09. The van der Waals surface area contributed by atoms with E-state index in [4.69, 9.17) is 9.47 Å². The average Bonchev–Trinajstić information content (AvgIpc) is 2.72. The predicted molar refractivity (Wildman–Crippen MR) is 99.5 cm³/mol. The lowest BCUT2D eigenvalue weighted by Gasteiger charge is -2.26. The smallest absolute Gasteiger partial charge is 0.433 e. The van der Waals surface area contributed by atoms with Gasteiger partial charge < -0.3 is 9.47 Å². The van der Waals surface area contributed by atoms with Crippen LogP contribution in [0.3, 0.4) is 0 Å². The molecule has 0 unspecified atom stereocenters. The third kappa shape index (κ3) is 4.22. The van der Waals surface area contributed by atoms with Crippen molar-refractivity contribution >= 4 is 11.8 Å². The summed E-state index contributed by atoms with van der Waals surface area (Å²) in [5, 5.41) is 0.0520. The summed E-state index contributed by atoms with van der Waals surface area (Å²) in [6, 6.07) is 17.0. The third-order valence-corrected chi connectivity index (χ3v) is 5.01. The van der Waals surface area contributed by atoms with Crippen LogP contribution in [-0.4, -0.2) is 28.4 Å². The van der Waals surface area contributed by atoms with Crippen molar-refractivity contribution in [1.29, 1.82) is 0 Å². The topological polar surface area (TPSA) is 44.2 Å². The highest BCUT2D eigenvalue weighted by molar-refractivity contribution is 7.99. The SMILES string of the molecule is FC(F)(F)c1cc(-c2ccccc2)nc(SC[C@@H]2COc3ccccc3O2)n1. The van der Waals surface area contributed by atoms with E-state index in [1.807, 2.05) is 12.1 Å². The molecule has 1 aliphatic rings. The Hall–Kier alpha value is -2.74. The standard InChI is InChI=1S/C20H15F3N2O2S/c21-20(22,23)18-10-15(13-6-2-1-3-7-13)24-19(25-18)28-12-14-11-26-16-8-4-5-9-17(16)27-14/h1-10,14H,11-12H2/t14-/m0/s1. The second kappa shape index (κ2) is 7.71. The van der Waals surface area contributed by atoms with Crippen LogP contribution in [0.25, 0.3) is 11.3 Å². The first-order chi connectivity index (χ1) is 13.5. The van der Waals surface area contributed by atoms with Gasteiger partial charge in [0.2, 0.25) is 0 Å². The van der Waals surface area contributed by atoms with Crippen molar-refractivity contribution in [3.8, 4) is 22.8 Å². The molecule has 1 aromatic heterocycles. The van der Waals surface area contributed by atoms with Gasteiger partial charge in [0.1, 0.15) is 18.4 Å². The highest BCUT2D eigenvalue weighted by Gasteiger charge is 2.34. The average molecular weight is 404 g/mol. The number of para-hydroxylation sites is 2. The van der Waals surface area contributed by atoms with E-state index in [9.17, 15) is 13.2 Å². The van der Waals surface area contributed by atoms with E-state index >= 15 is 0 Å². The van der Waals surface area contributed by atoms with E-state index in [-0.39, 0.29) is 17.0 Å². The molecule has 0 amide bonds. The number of benzene rings is 2. The molecule has 2 heterocycles. The van der Waals surface area contributed by atoms with E-state index in [2.05, 4.69) is 9.97 Å². The molecule has 0 N–H and O–H groups in total. The molecule has 0 saturated carbocycles. The predicted octanol–water partition coefficient (Wildman–Crippen LogP) is 5.09. The quantitative estimate of drug-likeness (QED) is 0.447. The van der Waals surface area contributed by atoms with E-state index in [0.717, 1.165) is 17.8 Å². The number of halogens is 3. The zero-order valence-electron chi connectivity index (χ0n) is 14.5. The van der Waals surface area contributed by atoms with Crippen molar-refractivity contribution in [2.75, 3.05) is 12.4 Å². The Balaban J connectivity index is 1.54. The van der Waals surface area contributed by atoms with Crippen molar-refractivity contribution < 1.29 is 22.6 Å². The van der Waals surface area contributed by atoms with Crippen molar-refractivity contribution in [3.05, 3.63) is 66.4 Å². The maximum atomic E-state index is 13.3. The highest BCUT2D eigenvalue weighted by Crippen LogP contribution is 2.34. The maximum Gasteiger partial charge on any atom is 0.433 e. The Kier molecular flexibility index (Phi) is 5.13. The number of rotatable bonds is 4. The lowest BCUT2D eigenvalue weighted by Crippen LogP contribution is -2.31. The van der Waals surface area contributed by atoms with Crippen LogP contribution in [-0.2, 0) is 6.18 Å². The minimum absolute atomic E-state index is 0.0520. The first kappa shape index (κ1) is 18.6. The summed E-state index contributed by atoms with van der Waals surface area (Å²) in [6.07, 6.45) is -4.86. The second-order valence-corrected chi connectivity index (χ2v) is 7.08. The molecule has 0 aliphatic carbocycles. The molecule has 3 aromatic rings. The van der Waals surface area contributed by atoms with Crippen molar-refractivity contribution in [2.45, 2.75) is 17.4 Å². The largest absolute Gasteiger partial charge is 0.486 e. The number of alkyl halides is 3. The molecule has 0 saturated heterocycles. The Labute approximate surface area is 163 Å². The third-order valence-electron chi connectivity index (χ3n) is 4.03. The lowest BCUT2D eigenvalue weighted by molar-refractivity contribution is -0.141. The van der Waals surface area contributed by atoms with Crippen molar-refractivity contribution in [2.24, 2.45) is 0 Å². The fourth-order valence-corrected chi connectivity index (χ4v) is 3.53. The lowest BCUT2D eigenvalue weighted by atomic mass is 10.1. The van der Waals surface area contributed by atoms with Crippen LogP contribution in [0.5, 0.6) is 11.5 Å². The fraction of sp³-hybridized carbons (Fsp3) is 0.200. The normalized spacial score (nSPS) is 16.0. The van der Waals surface area contributed by atoms with Crippen LogP contribution in [0.4, 0.5) is 13.2 Å². The van der Waals surface area contributed by atoms with Crippen LogP contribution in [0, 0.1) is 0 Å². The zero-order valence-corrected chi connectivity index (χ0v) is 15.3. The number of hydrogen-bond donors (Lipinski definition) is 0. The van der Waals surface area contributed by atoms with E-state index in [1.54, 1.807) is 42.5 Å². The minimum atomic E-state index is -4.55. The molecule has 0 radical (unpaired) electrons. The zero-order chi connectivity index (χ0) is 19.6. The summed E-state index contributed by atoms with van der Waals surface area (Å²) in [5.41, 5.74) is -0.130. The monoisotopic (exact) mass is 404 g/mol. The summed E-state index contributed by atoms with van der Waals surface area (Å²) in [5.74, 6) is 1.64. The van der Waals surface area contributed by atoms with Gasteiger partial charge in [-0.25, -0.2) is 9.97 Å². The Bertz CT molecular complexity index is 967. The molecular formula is C20H15F3N2O2S. The van der Waals surface area contributed by atoms with Crippen LogP contribution in [0.15, 0.2) is 65.8 Å². The molecule has 4 rings (SSSR count). The van der Waals surface area contributed by atoms with E-state index in [0.29, 0.717) is 29.4 Å². The van der Waals surface area contributed by atoms with Gasteiger partial charge in [-0.2, -0.15) is 13.2 Å². The molecular weight excluding hydrogens is 389 g/mol. The molecule has 0 fully saturated rings. The summed E-state index contributed by atoms with van der Waals surface area (Å²) in [7, 11) is 0. The van der Waals surface area contributed by atoms with Gasteiger partial charge >= 0.3 is 6.18 Å². The minimum Gasteiger partial charge on any atom is -0.486 e.